The van der Waals surface area contributed by atoms with E-state index in [4.69, 9.17) is 10.2 Å². The molecule has 0 spiro atoms. The number of aliphatic hydroxyl groups excluding tert-OH is 2. The Balaban J connectivity index is 2.41. The van der Waals surface area contributed by atoms with Gasteiger partial charge in [0, 0.05) is 0 Å². The van der Waals surface area contributed by atoms with Crippen molar-refractivity contribution in [3.8, 4) is 0 Å². The summed E-state index contributed by atoms with van der Waals surface area (Å²) in [5.74, 6) is 0. The predicted octanol–water partition coefficient (Wildman–Crippen LogP) is 0.656. The van der Waals surface area contributed by atoms with Gasteiger partial charge >= 0.3 is 0 Å². The van der Waals surface area contributed by atoms with E-state index in [-0.39, 0.29) is 17.0 Å². The van der Waals surface area contributed by atoms with Crippen LogP contribution in [0, 0.1) is 0 Å². The molecule has 0 aromatic heterocycles. The molecular weight excluding hydrogens is 184 g/mol. The Bertz CT molecular complexity index is 87.1. The van der Waals surface area contributed by atoms with E-state index in [2.05, 4.69) is 15.9 Å². The summed E-state index contributed by atoms with van der Waals surface area (Å²) in [6, 6.07) is 0. The summed E-state index contributed by atoms with van der Waals surface area (Å²) < 4.78 is 0. The van der Waals surface area contributed by atoms with E-state index in [1.807, 2.05) is 0 Å². The molecule has 54 valence electrons. The van der Waals surface area contributed by atoms with Crippen LogP contribution in [0.2, 0.25) is 0 Å². The number of rotatable bonds is 0. The molecule has 2 nitrogen and oxygen atoms in total. The predicted molar refractivity (Wildman–Crippen MR) is 38.6 cm³/mol. The molecule has 0 radical (unpaired) electrons. The first kappa shape index (κ1) is 7.51. The summed E-state index contributed by atoms with van der Waals surface area (Å²) in [6.07, 6.45) is 1.85. The smallest absolute Gasteiger partial charge is 0.0690 e. The second-order valence-electron chi connectivity index (χ2n) is 2.51. The van der Waals surface area contributed by atoms with E-state index in [0.29, 0.717) is 0 Å². The first-order valence-electron chi connectivity index (χ1n) is 3.22. The molecule has 0 aromatic rings. The second-order valence-corrected chi connectivity index (χ2v) is 3.57. The molecule has 0 saturated heterocycles. The lowest BCUT2D eigenvalue weighted by molar-refractivity contribution is 0.0511. The van der Waals surface area contributed by atoms with Crippen molar-refractivity contribution in [1.29, 1.82) is 0 Å². The number of alkyl halides is 1. The number of hydrogen-bond acceptors (Lipinski definition) is 2. The molecule has 3 heteroatoms. The van der Waals surface area contributed by atoms with Crippen LogP contribution in [-0.4, -0.2) is 27.2 Å². The Morgan fingerprint density at radius 3 is 1.89 bits per heavy atom. The maximum atomic E-state index is 9.14. The zero-order valence-electron chi connectivity index (χ0n) is 5.13. The van der Waals surface area contributed by atoms with Gasteiger partial charge in [-0.15, -0.1) is 0 Å². The van der Waals surface area contributed by atoms with Crippen molar-refractivity contribution in [3.05, 3.63) is 0 Å². The quantitative estimate of drug-likeness (QED) is 0.557. The fraction of sp³-hybridized carbons (Fsp3) is 1.00. The van der Waals surface area contributed by atoms with Crippen LogP contribution >= 0.6 is 15.9 Å². The fourth-order valence-corrected chi connectivity index (χ4v) is 1.64. The molecule has 9 heavy (non-hydrogen) atoms. The second kappa shape index (κ2) is 2.99. The van der Waals surface area contributed by atoms with Crippen LogP contribution in [0.1, 0.15) is 19.3 Å². The third kappa shape index (κ3) is 1.66. The molecule has 2 unspecified atom stereocenters. The zero-order valence-corrected chi connectivity index (χ0v) is 6.71. The van der Waals surface area contributed by atoms with E-state index < -0.39 is 0 Å². The average molecular weight is 195 g/mol. The first-order valence-corrected chi connectivity index (χ1v) is 4.13. The molecule has 1 saturated carbocycles. The van der Waals surface area contributed by atoms with Gasteiger partial charge in [-0.3, -0.25) is 0 Å². The molecule has 2 atom stereocenters. The monoisotopic (exact) mass is 194 g/mol. The SMILES string of the molecule is OC1CCCC(O)C1Br. The summed E-state index contributed by atoms with van der Waals surface area (Å²) in [5.41, 5.74) is 0. The Kier molecular flexibility index (Phi) is 2.50. The van der Waals surface area contributed by atoms with Gasteiger partial charge in [-0.25, -0.2) is 0 Å². The molecule has 0 heterocycles. The minimum atomic E-state index is -0.353. The largest absolute Gasteiger partial charge is 0.392 e. The summed E-state index contributed by atoms with van der Waals surface area (Å²) in [5, 5.41) is 18.3. The number of hydrogen-bond donors (Lipinski definition) is 2. The highest BCUT2D eigenvalue weighted by atomic mass is 79.9. The lowest BCUT2D eigenvalue weighted by Gasteiger charge is -2.27. The third-order valence-electron chi connectivity index (χ3n) is 1.73. The van der Waals surface area contributed by atoms with Crippen LogP contribution in [0.4, 0.5) is 0 Å². The Morgan fingerprint density at radius 2 is 1.56 bits per heavy atom. The van der Waals surface area contributed by atoms with Gasteiger partial charge in [0.15, 0.2) is 0 Å². The van der Waals surface area contributed by atoms with Gasteiger partial charge in [0.1, 0.15) is 0 Å². The molecule has 0 aromatic carbocycles. The van der Waals surface area contributed by atoms with Crippen LogP contribution in [0.3, 0.4) is 0 Å². The molecule has 0 amide bonds. The molecule has 0 bridgehead atoms. The highest BCUT2D eigenvalue weighted by Gasteiger charge is 2.27. The topological polar surface area (TPSA) is 40.5 Å². The van der Waals surface area contributed by atoms with Crippen molar-refractivity contribution in [3.63, 3.8) is 0 Å². The average Bonchev–Trinajstić information content (AvgIpc) is 1.83. The highest BCUT2D eigenvalue weighted by molar-refractivity contribution is 9.09. The summed E-state index contributed by atoms with van der Waals surface area (Å²) >= 11 is 3.22. The number of halogens is 1. The minimum Gasteiger partial charge on any atom is -0.392 e. The van der Waals surface area contributed by atoms with E-state index in [0.717, 1.165) is 19.3 Å². The van der Waals surface area contributed by atoms with Crippen LogP contribution in [0.5, 0.6) is 0 Å². The lowest BCUT2D eigenvalue weighted by atomic mass is 9.95. The Labute approximate surface area is 63.0 Å². The van der Waals surface area contributed by atoms with Gasteiger partial charge in [-0.05, 0) is 19.3 Å². The normalized spacial score (nSPS) is 45.0. The maximum Gasteiger partial charge on any atom is 0.0690 e. The van der Waals surface area contributed by atoms with Gasteiger partial charge in [0.2, 0.25) is 0 Å². The Morgan fingerprint density at radius 1 is 1.11 bits per heavy atom. The van der Waals surface area contributed by atoms with Crippen molar-refractivity contribution >= 4 is 15.9 Å². The zero-order chi connectivity index (χ0) is 6.85. The summed E-state index contributed by atoms with van der Waals surface area (Å²) in [6.45, 7) is 0. The highest BCUT2D eigenvalue weighted by Crippen LogP contribution is 2.24. The van der Waals surface area contributed by atoms with Gasteiger partial charge in [0.25, 0.3) is 0 Å². The van der Waals surface area contributed by atoms with Gasteiger partial charge in [0.05, 0.1) is 17.0 Å². The first-order chi connectivity index (χ1) is 4.22. The van der Waals surface area contributed by atoms with E-state index in [1.54, 1.807) is 0 Å². The van der Waals surface area contributed by atoms with E-state index in [9.17, 15) is 0 Å². The fourth-order valence-electron chi connectivity index (χ4n) is 1.11. The van der Waals surface area contributed by atoms with Gasteiger partial charge < -0.3 is 10.2 Å². The lowest BCUT2D eigenvalue weighted by Crippen LogP contribution is -2.36. The minimum absolute atomic E-state index is 0.105. The van der Waals surface area contributed by atoms with Crippen molar-refractivity contribution in [2.45, 2.75) is 36.3 Å². The van der Waals surface area contributed by atoms with E-state index >= 15 is 0 Å². The van der Waals surface area contributed by atoms with Gasteiger partial charge in [-0.1, -0.05) is 15.9 Å². The molecule has 1 aliphatic carbocycles. The molecule has 1 fully saturated rings. The molecule has 1 rings (SSSR count). The van der Waals surface area contributed by atoms with E-state index in [1.165, 1.54) is 0 Å². The molecule has 0 aliphatic heterocycles. The van der Waals surface area contributed by atoms with Crippen LogP contribution in [-0.2, 0) is 0 Å². The van der Waals surface area contributed by atoms with Crippen molar-refractivity contribution in [2.75, 3.05) is 0 Å². The number of aliphatic hydroxyl groups is 2. The van der Waals surface area contributed by atoms with Crippen LogP contribution in [0.25, 0.3) is 0 Å². The van der Waals surface area contributed by atoms with Crippen molar-refractivity contribution in [2.24, 2.45) is 0 Å². The van der Waals surface area contributed by atoms with Crippen molar-refractivity contribution < 1.29 is 10.2 Å². The molecule has 2 N–H and O–H groups in total. The molecular formula is C6H11BrO2. The maximum absolute atomic E-state index is 9.14. The van der Waals surface area contributed by atoms with Gasteiger partial charge in [-0.2, -0.15) is 0 Å². The Hall–Kier alpha value is 0.400. The molecule has 1 aliphatic rings. The van der Waals surface area contributed by atoms with Crippen molar-refractivity contribution in [1.82, 2.24) is 0 Å². The summed E-state index contributed by atoms with van der Waals surface area (Å²) in [7, 11) is 0. The third-order valence-corrected chi connectivity index (χ3v) is 2.96. The summed E-state index contributed by atoms with van der Waals surface area (Å²) in [4.78, 5) is -0.105. The van der Waals surface area contributed by atoms with Crippen LogP contribution < -0.4 is 0 Å². The van der Waals surface area contributed by atoms with Crippen LogP contribution in [0.15, 0.2) is 0 Å². The standard InChI is InChI=1S/C6H11BrO2/c7-6-4(8)2-1-3-5(6)9/h4-6,8-9H,1-3H2.